The maximum Gasteiger partial charge on any atom is 0.336 e. The van der Waals surface area contributed by atoms with Crippen molar-refractivity contribution in [2.45, 2.75) is 9.79 Å². The minimum atomic E-state index is -3.85. The van der Waals surface area contributed by atoms with Crippen LogP contribution in [0.25, 0.3) is 0 Å². The van der Waals surface area contributed by atoms with Gasteiger partial charge in [-0.1, -0.05) is 18.2 Å². The van der Waals surface area contributed by atoms with Crippen LogP contribution in [0.1, 0.15) is 20.7 Å². The number of nitrogens with one attached hydrogen (secondary N) is 1. The minimum absolute atomic E-state index is 0.0259. The van der Waals surface area contributed by atoms with Crippen molar-refractivity contribution in [2.24, 2.45) is 5.90 Å². The molecule has 0 radical (unpaired) electrons. The van der Waals surface area contributed by atoms with E-state index in [1.807, 2.05) is 0 Å². The zero-order chi connectivity index (χ0) is 21.0. The number of hydrogen-bond acceptors (Lipinski definition) is 6. The van der Waals surface area contributed by atoms with Gasteiger partial charge in [0.25, 0.3) is 5.91 Å². The van der Waals surface area contributed by atoms with E-state index in [-0.39, 0.29) is 26.6 Å². The van der Waals surface area contributed by atoms with Crippen LogP contribution < -0.4 is 16.1 Å². The van der Waals surface area contributed by atoms with E-state index in [1.165, 1.54) is 72.8 Å². The molecule has 3 aromatic carbocycles. The Morgan fingerprint density at radius 1 is 0.862 bits per heavy atom. The van der Waals surface area contributed by atoms with E-state index >= 15 is 0 Å². The van der Waals surface area contributed by atoms with Crippen LogP contribution >= 0.6 is 0 Å². The lowest BCUT2D eigenvalue weighted by atomic mass is 10.1. The molecule has 3 rings (SSSR count). The summed E-state index contributed by atoms with van der Waals surface area (Å²) in [5.74, 6) is 3.44. The maximum atomic E-state index is 12.8. The molecule has 0 fully saturated rings. The molecule has 0 bridgehead atoms. The van der Waals surface area contributed by atoms with E-state index in [0.717, 1.165) is 0 Å². The molecule has 8 nitrogen and oxygen atoms in total. The molecule has 9 heteroatoms. The summed E-state index contributed by atoms with van der Waals surface area (Å²) in [6, 6.07) is 16.9. The molecule has 0 atom stereocenters. The number of carbonyl (C=O) groups excluding carboxylic acids is 1. The van der Waals surface area contributed by atoms with Gasteiger partial charge in [-0.05, 0) is 54.6 Å². The summed E-state index contributed by atoms with van der Waals surface area (Å²) in [6.07, 6.45) is 0. The highest BCUT2D eigenvalue weighted by Crippen LogP contribution is 2.25. The van der Waals surface area contributed by atoms with Crippen LogP contribution in [0.15, 0.2) is 82.6 Å². The van der Waals surface area contributed by atoms with Crippen LogP contribution in [0.3, 0.4) is 0 Å². The number of hydrogen-bond donors (Lipinski definition) is 3. The standard InChI is InChI=1S/C20H16N2O6S/c21-28-14-8-10-15(11-9-14)29(26,27)16-5-3-4-13(12-16)22-19(23)17-6-1-2-7-18(17)20(24)25/h1-12H,21H2,(H,22,23)(H,24,25). The molecule has 0 spiro atoms. The molecule has 148 valence electrons. The summed E-state index contributed by atoms with van der Waals surface area (Å²) in [5, 5.41) is 11.8. The Labute approximate surface area is 166 Å². The molecule has 0 aliphatic rings. The fraction of sp³-hybridized carbons (Fsp3) is 0. The van der Waals surface area contributed by atoms with E-state index in [0.29, 0.717) is 5.75 Å². The van der Waals surface area contributed by atoms with E-state index < -0.39 is 21.7 Å². The van der Waals surface area contributed by atoms with Gasteiger partial charge in [0.05, 0.1) is 20.9 Å². The van der Waals surface area contributed by atoms with Gasteiger partial charge in [0.2, 0.25) is 9.84 Å². The first-order valence-corrected chi connectivity index (χ1v) is 9.77. The van der Waals surface area contributed by atoms with Crippen LogP contribution in [-0.2, 0) is 9.84 Å². The quantitative estimate of drug-likeness (QED) is 0.530. The summed E-state index contributed by atoms with van der Waals surface area (Å²) < 4.78 is 25.6. The maximum absolute atomic E-state index is 12.8. The summed E-state index contributed by atoms with van der Waals surface area (Å²) in [4.78, 5) is 28.3. The van der Waals surface area contributed by atoms with E-state index in [2.05, 4.69) is 10.2 Å². The van der Waals surface area contributed by atoms with Crippen molar-refractivity contribution in [3.8, 4) is 5.75 Å². The Balaban J connectivity index is 1.90. The van der Waals surface area contributed by atoms with Crippen molar-refractivity contribution >= 4 is 27.4 Å². The molecule has 0 aromatic heterocycles. The molecule has 0 saturated carbocycles. The molecule has 0 aliphatic heterocycles. The average molecular weight is 412 g/mol. The number of carboxylic acids is 1. The van der Waals surface area contributed by atoms with E-state index in [1.54, 1.807) is 0 Å². The normalized spacial score (nSPS) is 10.9. The molecular weight excluding hydrogens is 396 g/mol. The number of benzene rings is 3. The first kappa shape index (κ1) is 20.1. The molecule has 0 unspecified atom stereocenters. The second-order valence-corrected chi connectivity index (χ2v) is 7.88. The second-order valence-electron chi connectivity index (χ2n) is 5.93. The van der Waals surface area contributed by atoms with Gasteiger partial charge in [-0.15, -0.1) is 0 Å². The van der Waals surface area contributed by atoms with Crippen LogP contribution in [0.5, 0.6) is 5.75 Å². The van der Waals surface area contributed by atoms with Crippen LogP contribution in [0, 0.1) is 0 Å². The van der Waals surface area contributed by atoms with Gasteiger partial charge in [-0.3, -0.25) is 4.79 Å². The third-order valence-electron chi connectivity index (χ3n) is 4.07. The Kier molecular flexibility index (Phi) is 5.62. The van der Waals surface area contributed by atoms with Crippen LogP contribution in [0.2, 0.25) is 0 Å². The summed E-state index contributed by atoms with van der Waals surface area (Å²) >= 11 is 0. The first-order chi connectivity index (χ1) is 13.8. The fourth-order valence-corrected chi connectivity index (χ4v) is 3.95. The SMILES string of the molecule is NOc1ccc(S(=O)(=O)c2cccc(NC(=O)c3ccccc3C(=O)O)c2)cc1. The second kappa shape index (κ2) is 8.13. The van der Waals surface area contributed by atoms with Crippen molar-refractivity contribution in [1.29, 1.82) is 0 Å². The lowest BCUT2D eigenvalue weighted by Gasteiger charge is -2.10. The van der Waals surface area contributed by atoms with Gasteiger partial charge in [0, 0.05) is 5.69 Å². The Morgan fingerprint density at radius 3 is 2.14 bits per heavy atom. The van der Waals surface area contributed by atoms with Crippen molar-refractivity contribution in [3.63, 3.8) is 0 Å². The van der Waals surface area contributed by atoms with Gasteiger partial charge in [0.1, 0.15) is 5.75 Å². The van der Waals surface area contributed by atoms with Gasteiger partial charge in [-0.25, -0.2) is 13.2 Å². The molecule has 0 aliphatic carbocycles. The number of sulfone groups is 1. The van der Waals surface area contributed by atoms with Crippen molar-refractivity contribution in [2.75, 3.05) is 5.32 Å². The highest BCUT2D eigenvalue weighted by Gasteiger charge is 2.20. The predicted octanol–water partition coefficient (Wildman–Crippen LogP) is 2.72. The van der Waals surface area contributed by atoms with Crippen molar-refractivity contribution < 1.29 is 28.0 Å². The van der Waals surface area contributed by atoms with Crippen molar-refractivity contribution in [1.82, 2.24) is 0 Å². The van der Waals surface area contributed by atoms with Crippen LogP contribution in [-0.4, -0.2) is 25.4 Å². The highest BCUT2D eigenvalue weighted by molar-refractivity contribution is 7.91. The van der Waals surface area contributed by atoms with Crippen LogP contribution in [0.4, 0.5) is 5.69 Å². The molecule has 0 heterocycles. The first-order valence-electron chi connectivity index (χ1n) is 8.28. The predicted molar refractivity (Wildman–Crippen MR) is 105 cm³/mol. The highest BCUT2D eigenvalue weighted by atomic mass is 32.2. The van der Waals surface area contributed by atoms with Gasteiger partial charge >= 0.3 is 5.97 Å². The number of aromatic carboxylic acids is 1. The lowest BCUT2D eigenvalue weighted by Crippen LogP contribution is -2.16. The lowest BCUT2D eigenvalue weighted by molar-refractivity contribution is 0.0692. The molecule has 29 heavy (non-hydrogen) atoms. The Morgan fingerprint density at radius 2 is 1.52 bits per heavy atom. The summed E-state index contributed by atoms with van der Waals surface area (Å²) in [7, 11) is -3.85. The fourth-order valence-electron chi connectivity index (χ4n) is 2.64. The number of carbonyl (C=O) groups is 2. The Hall–Kier alpha value is -3.69. The topological polar surface area (TPSA) is 136 Å². The summed E-state index contributed by atoms with van der Waals surface area (Å²) in [6.45, 7) is 0. The Bertz CT molecular complexity index is 1170. The molecule has 3 aromatic rings. The number of rotatable bonds is 6. The van der Waals surface area contributed by atoms with E-state index in [4.69, 9.17) is 5.90 Å². The third-order valence-corrected chi connectivity index (χ3v) is 5.84. The number of carboxylic acid groups (broad SMARTS) is 1. The number of amides is 1. The molecule has 4 N–H and O–H groups in total. The molecule has 1 amide bonds. The largest absolute Gasteiger partial charge is 0.478 e. The smallest absolute Gasteiger partial charge is 0.336 e. The average Bonchev–Trinajstić information content (AvgIpc) is 2.74. The van der Waals surface area contributed by atoms with Gasteiger partial charge in [0.15, 0.2) is 0 Å². The van der Waals surface area contributed by atoms with Gasteiger partial charge in [-0.2, -0.15) is 5.90 Å². The third kappa shape index (κ3) is 4.26. The molecule has 0 saturated heterocycles. The minimum Gasteiger partial charge on any atom is -0.478 e. The number of anilines is 1. The van der Waals surface area contributed by atoms with Gasteiger partial charge < -0.3 is 15.3 Å². The molecular formula is C20H16N2O6S. The zero-order valence-electron chi connectivity index (χ0n) is 14.9. The summed E-state index contributed by atoms with van der Waals surface area (Å²) in [5.41, 5.74) is 0.0137. The zero-order valence-corrected chi connectivity index (χ0v) is 15.7. The monoisotopic (exact) mass is 412 g/mol. The van der Waals surface area contributed by atoms with Crippen molar-refractivity contribution in [3.05, 3.63) is 83.9 Å². The number of nitrogens with two attached hydrogens (primary N) is 1. The van der Waals surface area contributed by atoms with E-state index in [9.17, 15) is 23.1 Å².